The van der Waals surface area contributed by atoms with Gasteiger partial charge in [0.25, 0.3) is 0 Å². The zero-order valence-electron chi connectivity index (χ0n) is 6.33. The minimum Gasteiger partial charge on any atom is -0.351 e. The molecule has 0 N–H and O–H groups in total. The summed E-state index contributed by atoms with van der Waals surface area (Å²) in [5.74, 6) is 0. The van der Waals surface area contributed by atoms with Crippen LogP contribution in [0.2, 0.25) is 0 Å². The van der Waals surface area contributed by atoms with Crippen LogP contribution in [0.25, 0.3) is 0 Å². The van der Waals surface area contributed by atoms with Gasteiger partial charge in [0.1, 0.15) is 0 Å². The van der Waals surface area contributed by atoms with E-state index >= 15 is 0 Å². The number of rotatable bonds is 3. The van der Waals surface area contributed by atoms with Crippen LogP contribution in [-0.4, -0.2) is 14.2 Å². The summed E-state index contributed by atoms with van der Waals surface area (Å²) in [4.78, 5) is 1.07. The first-order chi connectivity index (χ1) is 5.27. The van der Waals surface area contributed by atoms with Gasteiger partial charge in [0.15, 0.2) is 6.29 Å². The van der Waals surface area contributed by atoms with Crippen molar-refractivity contribution in [2.75, 3.05) is 14.2 Å². The van der Waals surface area contributed by atoms with Crippen LogP contribution < -0.4 is 0 Å². The van der Waals surface area contributed by atoms with Gasteiger partial charge in [-0.2, -0.15) is 0 Å². The van der Waals surface area contributed by atoms with Crippen molar-refractivity contribution in [1.82, 2.24) is 0 Å². The van der Waals surface area contributed by atoms with Gasteiger partial charge in [-0.1, -0.05) is 0 Å². The molecule has 0 saturated heterocycles. The van der Waals surface area contributed by atoms with E-state index in [1.54, 1.807) is 25.6 Å². The van der Waals surface area contributed by atoms with Crippen LogP contribution in [0.4, 0.5) is 0 Å². The predicted octanol–water partition coefficient (Wildman–Crippen LogP) is 2.80. The third kappa shape index (κ3) is 2.27. The van der Waals surface area contributed by atoms with Crippen LogP contribution in [0.5, 0.6) is 0 Å². The molecule has 1 heterocycles. The highest BCUT2D eigenvalue weighted by Crippen LogP contribution is 2.28. The van der Waals surface area contributed by atoms with Crippen molar-refractivity contribution in [2.45, 2.75) is 6.29 Å². The maximum Gasteiger partial charge on any atom is 0.192 e. The summed E-state index contributed by atoms with van der Waals surface area (Å²) in [5, 5.41) is 0. The molecular formula is C7H9BrO2S. The highest BCUT2D eigenvalue weighted by atomic mass is 79.9. The number of halogens is 1. The molecule has 0 fully saturated rings. The van der Waals surface area contributed by atoms with E-state index in [-0.39, 0.29) is 6.29 Å². The van der Waals surface area contributed by atoms with Crippen LogP contribution >= 0.6 is 27.3 Å². The van der Waals surface area contributed by atoms with Gasteiger partial charge in [-0.25, -0.2) is 0 Å². The van der Waals surface area contributed by atoms with Crippen molar-refractivity contribution in [3.05, 3.63) is 20.8 Å². The molecule has 0 unspecified atom stereocenters. The molecule has 1 aromatic rings. The lowest BCUT2D eigenvalue weighted by molar-refractivity contribution is -0.103. The SMILES string of the molecule is COC(OC)c1ccc(Br)s1. The zero-order valence-corrected chi connectivity index (χ0v) is 8.74. The molecule has 0 radical (unpaired) electrons. The van der Waals surface area contributed by atoms with Gasteiger partial charge in [0.05, 0.1) is 8.66 Å². The fourth-order valence-electron chi connectivity index (χ4n) is 0.783. The van der Waals surface area contributed by atoms with Gasteiger partial charge in [0, 0.05) is 14.2 Å². The molecule has 0 atom stereocenters. The first kappa shape index (κ1) is 9.19. The third-order valence-electron chi connectivity index (χ3n) is 1.25. The number of ether oxygens (including phenoxy) is 2. The highest BCUT2D eigenvalue weighted by Gasteiger charge is 2.10. The van der Waals surface area contributed by atoms with E-state index < -0.39 is 0 Å². The fraction of sp³-hybridized carbons (Fsp3) is 0.429. The lowest BCUT2D eigenvalue weighted by Crippen LogP contribution is -2.00. The van der Waals surface area contributed by atoms with Crippen molar-refractivity contribution < 1.29 is 9.47 Å². The lowest BCUT2D eigenvalue weighted by Gasteiger charge is -2.09. The second kappa shape index (κ2) is 4.21. The average Bonchev–Trinajstić information content (AvgIpc) is 2.39. The quantitative estimate of drug-likeness (QED) is 0.752. The Kier molecular flexibility index (Phi) is 3.51. The Hall–Kier alpha value is 0.1000. The molecule has 0 spiro atoms. The molecule has 0 aliphatic carbocycles. The van der Waals surface area contributed by atoms with E-state index in [9.17, 15) is 0 Å². The monoisotopic (exact) mass is 236 g/mol. The predicted molar refractivity (Wildman–Crippen MR) is 48.8 cm³/mol. The minimum absolute atomic E-state index is 0.230. The molecule has 0 aliphatic heterocycles. The standard InChI is InChI=1S/C7H9BrO2S/c1-9-7(10-2)5-3-4-6(8)11-5/h3-4,7H,1-2H3. The van der Waals surface area contributed by atoms with Gasteiger partial charge in [0.2, 0.25) is 0 Å². The zero-order chi connectivity index (χ0) is 8.27. The van der Waals surface area contributed by atoms with Crippen molar-refractivity contribution >= 4 is 27.3 Å². The molecule has 0 amide bonds. The summed E-state index contributed by atoms with van der Waals surface area (Å²) in [7, 11) is 3.25. The molecule has 11 heavy (non-hydrogen) atoms. The van der Waals surface area contributed by atoms with Gasteiger partial charge in [-0.05, 0) is 28.1 Å². The van der Waals surface area contributed by atoms with Gasteiger partial charge in [-0.3, -0.25) is 0 Å². The van der Waals surface area contributed by atoms with Crippen LogP contribution in [0.1, 0.15) is 11.2 Å². The van der Waals surface area contributed by atoms with Gasteiger partial charge in [-0.15, -0.1) is 11.3 Å². The number of thiophene rings is 1. The van der Waals surface area contributed by atoms with Crippen LogP contribution in [0, 0.1) is 0 Å². The normalized spacial score (nSPS) is 10.9. The molecular weight excluding hydrogens is 228 g/mol. The van der Waals surface area contributed by atoms with E-state index in [0.29, 0.717) is 0 Å². The molecule has 1 aromatic heterocycles. The average molecular weight is 237 g/mol. The van der Waals surface area contributed by atoms with E-state index in [1.165, 1.54) is 0 Å². The summed E-state index contributed by atoms with van der Waals surface area (Å²) in [6.45, 7) is 0. The van der Waals surface area contributed by atoms with Crippen molar-refractivity contribution in [2.24, 2.45) is 0 Å². The largest absolute Gasteiger partial charge is 0.351 e. The highest BCUT2D eigenvalue weighted by molar-refractivity contribution is 9.11. The van der Waals surface area contributed by atoms with Gasteiger partial charge < -0.3 is 9.47 Å². The molecule has 4 heteroatoms. The molecule has 2 nitrogen and oxygen atoms in total. The molecule has 0 saturated carbocycles. The summed E-state index contributed by atoms with van der Waals surface area (Å²) < 4.78 is 11.2. The molecule has 1 rings (SSSR count). The van der Waals surface area contributed by atoms with Crippen molar-refractivity contribution in [1.29, 1.82) is 0 Å². The molecule has 0 bridgehead atoms. The Morgan fingerprint density at radius 3 is 2.36 bits per heavy atom. The van der Waals surface area contributed by atoms with Crippen LogP contribution in [0.3, 0.4) is 0 Å². The third-order valence-corrected chi connectivity index (χ3v) is 2.90. The minimum atomic E-state index is -0.230. The second-order valence-electron chi connectivity index (χ2n) is 1.95. The summed E-state index contributed by atoms with van der Waals surface area (Å²) in [5.41, 5.74) is 0. The first-order valence-electron chi connectivity index (χ1n) is 3.08. The molecule has 62 valence electrons. The maximum absolute atomic E-state index is 5.07. The Bertz CT molecular complexity index is 220. The Morgan fingerprint density at radius 1 is 1.36 bits per heavy atom. The lowest BCUT2D eigenvalue weighted by atomic mass is 10.4. The van der Waals surface area contributed by atoms with E-state index in [1.807, 2.05) is 12.1 Å². The van der Waals surface area contributed by atoms with Crippen LogP contribution in [-0.2, 0) is 9.47 Å². The van der Waals surface area contributed by atoms with Crippen molar-refractivity contribution in [3.8, 4) is 0 Å². The number of hydrogen-bond donors (Lipinski definition) is 0. The second-order valence-corrected chi connectivity index (χ2v) is 4.44. The number of hydrogen-bond acceptors (Lipinski definition) is 3. The smallest absolute Gasteiger partial charge is 0.192 e. The van der Waals surface area contributed by atoms with E-state index in [2.05, 4.69) is 15.9 Å². The summed E-state index contributed by atoms with van der Waals surface area (Å²) >= 11 is 4.98. The summed E-state index contributed by atoms with van der Waals surface area (Å²) in [6.07, 6.45) is -0.230. The molecule has 0 aliphatic rings. The van der Waals surface area contributed by atoms with E-state index in [0.717, 1.165) is 8.66 Å². The van der Waals surface area contributed by atoms with Crippen molar-refractivity contribution in [3.63, 3.8) is 0 Å². The Balaban J connectivity index is 2.73. The fourth-order valence-corrected chi connectivity index (χ4v) is 2.26. The first-order valence-corrected chi connectivity index (χ1v) is 4.69. The van der Waals surface area contributed by atoms with Gasteiger partial charge >= 0.3 is 0 Å². The maximum atomic E-state index is 5.07. The Labute approximate surface area is 78.3 Å². The molecule has 0 aromatic carbocycles. The number of methoxy groups -OCH3 is 2. The Morgan fingerprint density at radius 2 is 2.00 bits per heavy atom. The van der Waals surface area contributed by atoms with E-state index in [4.69, 9.17) is 9.47 Å². The summed E-state index contributed by atoms with van der Waals surface area (Å²) in [6, 6.07) is 3.96. The van der Waals surface area contributed by atoms with Crippen LogP contribution in [0.15, 0.2) is 15.9 Å². The topological polar surface area (TPSA) is 18.5 Å².